The highest BCUT2D eigenvalue weighted by atomic mass is 79.9. The fraction of sp³-hybridized carbons (Fsp3) is 0.219. The van der Waals surface area contributed by atoms with Gasteiger partial charge in [0, 0.05) is 25.6 Å². The summed E-state index contributed by atoms with van der Waals surface area (Å²) in [5, 5.41) is 0. The number of carbonyl (C=O) groups excluding carboxylic acids is 1. The number of ether oxygens (including phenoxy) is 3. The Kier molecular flexibility index (Phi) is 9.15. The van der Waals surface area contributed by atoms with Crippen LogP contribution in [0.4, 0.5) is 0 Å². The molecule has 1 aliphatic rings. The zero-order valence-electron chi connectivity index (χ0n) is 23.4. The molecule has 216 valence electrons. The van der Waals surface area contributed by atoms with Gasteiger partial charge >= 0.3 is 5.97 Å². The Hall–Kier alpha value is -3.47. The number of rotatable bonds is 8. The van der Waals surface area contributed by atoms with Crippen LogP contribution >= 0.6 is 43.2 Å². The van der Waals surface area contributed by atoms with E-state index in [9.17, 15) is 9.59 Å². The fourth-order valence-electron chi connectivity index (χ4n) is 4.79. The van der Waals surface area contributed by atoms with Crippen molar-refractivity contribution < 1.29 is 19.0 Å². The number of halogens is 2. The van der Waals surface area contributed by atoms with Crippen LogP contribution in [0.5, 0.6) is 11.5 Å². The number of hydrogen-bond donors (Lipinski definition) is 0. The number of hydrogen-bond acceptors (Lipinski definition) is 7. The Balaban J connectivity index is 1.86. The van der Waals surface area contributed by atoms with Gasteiger partial charge in [-0.3, -0.25) is 9.36 Å². The van der Waals surface area contributed by atoms with E-state index in [0.29, 0.717) is 32.1 Å². The molecule has 7 nitrogen and oxygen atoms in total. The first kappa shape index (κ1) is 30.0. The van der Waals surface area contributed by atoms with Gasteiger partial charge in [-0.2, -0.15) is 0 Å². The van der Waals surface area contributed by atoms with Gasteiger partial charge in [0.15, 0.2) is 4.80 Å². The third-order valence-electron chi connectivity index (χ3n) is 6.48. The van der Waals surface area contributed by atoms with Gasteiger partial charge in [-0.15, -0.1) is 0 Å². The van der Waals surface area contributed by atoms with Crippen molar-refractivity contribution in [2.75, 3.05) is 13.7 Å². The monoisotopic (exact) mass is 710 g/mol. The number of thiazole rings is 1. The van der Waals surface area contributed by atoms with Crippen LogP contribution in [0.25, 0.3) is 11.8 Å². The Morgan fingerprint density at radius 1 is 1.05 bits per heavy atom. The highest BCUT2D eigenvalue weighted by Gasteiger charge is 2.37. The van der Waals surface area contributed by atoms with Crippen molar-refractivity contribution >= 4 is 60.9 Å². The largest absolute Gasteiger partial charge is 0.496 e. The van der Waals surface area contributed by atoms with Gasteiger partial charge in [0.1, 0.15) is 17.5 Å². The van der Waals surface area contributed by atoms with Crippen molar-refractivity contribution in [1.29, 1.82) is 0 Å². The lowest BCUT2D eigenvalue weighted by Crippen LogP contribution is -2.40. The van der Waals surface area contributed by atoms with E-state index in [-0.39, 0.29) is 23.8 Å². The van der Waals surface area contributed by atoms with E-state index < -0.39 is 12.0 Å². The summed E-state index contributed by atoms with van der Waals surface area (Å²) >= 11 is 8.35. The van der Waals surface area contributed by atoms with E-state index in [4.69, 9.17) is 19.2 Å². The summed E-state index contributed by atoms with van der Waals surface area (Å²) in [5.41, 5.74) is 2.50. The van der Waals surface area contributed by atoms with E-state index in [1.807, 2.05) is 74.5 Å². The molecule has 1 aromatic heterocycles. The maximum atomic E-state index is 14.3. The van der Waals surface area contributed by atoms with E-state index in [1.165, 1.54) is 11.3 Å². The highest BCUT2D eigenvalue weighted by Crippen LogP contribution is 2.40. The predicted octanol–water partition coefficient (Wildman–Crippen LogP) is 6.26. The lowest BCUT2D eigenvalue weighted by atomic mass is 9.92. The quantitative estimate of drug-likeness (QED) is 0.202. The van der Waals surface area contributed by atoms with Gasteiger partial charge < -0.3 is 14.2 Å². The van der Waals surface area contributed by atoms with Crippen LogP contribution in [0.3, 0.4) is 0 Å². The van der Waals surface area contributed by atoms with Crippen molar-refractivity contribution in [3.63, 3.8) is 0 Å². The second kappa shape index (κ2) is 12.8. The molecule has 0 unspecified atom stereocenters. The SMILES string of the molecule is CCOC(=O)C1=C(c2ccccc2)N=c2s/c(=C\c3cc(Br)ccc3OC(C)C)c(=O)n2[C@@H]1c1cc(Br)ccc1OC. The van der Waals surface area contributed by atoms with E-state index in [0.717, 1.165) is 20.1 Å². The third-order valence-corrected chi connectivity index (χ3v) is 8.45. The summed E-state index contributed by atoms with van der Waals surface area (Å²) in [4.78, 5) is 33.4. The lowest BCUT2D eigenvalue weighted by Gasteiger charge is -2.27. The van der Waals surface area contributed by atoms with Crippen LogP contribution in [0, 0.1) is 0 Å². The molecule has 5 rings (SSSR count). The molecular weight excluding hydrogens is 684 g/mol. The minimum atomic E-state index is -0.862. The second-order valence-electron chi connectivity index (χ2n) is 9.67. The summed E-state index contributed by atoms with van der Waals surface area (Å²) in [6, 6.07) is 19.8. The smallest absolute Gasteiger partial charge is 0.338 e. The van der Waals surface area contributed by atoms with Gasteiger partial charge in [-0.05, 0) is 63.2 Å². The number of methoxy groups -OCH3 is 1. The maximum Gasteiger partial charge on any atom is 0.338 e. The Labute approximate surface area is 264 Å². The maximum absolute atomic E-state index is 14.3. The molecule has 1 atom stereocenters. The average Bonchev–Trinajstić information content (AvgIpc) is 3.28. The lowest BCUT2D eigenvalue weighted by molar-refractivity contribution is -0.138. The minimum absolute atomic E-state index is 0.0518. The average molecular weight is 712 g/mol. The molecule has 0 saturated carbocycles. The standard InChI is InChI=1S/C32H28Br2N2O5S/c1-5-40-31(38)27-28(19-9-7-6-8-10-19)35-32-36(29(27)23-17-22(34)12-14-25(23)39-4)30(37)26(42-32)16-20-15-21(33)11-13-24(20)41-18(2)3/h6-18,29H,5H2,1-4H3/b26-16-/t29-/m1/s1. The van der Waals surface area contributed by atoms with Gasteiger partial charge in [0.25, 0.3) is 5.56 Å². The van der Waals surface area contributed by atoms with Gasteiger partial charge in [0.2, 0.25) is 0 Å². The first-order valence-electron chi connectivity index (χ1n) is 13.3. The summed E-state index contributed by atoms with van der Waals surface area (Å²) in [6.45, 7) is 5.82. The molecule has 42 heavy (non-hydrogen) atoms. The van der Waals surface area contributed by atoms with Crippen molar-refractivity contribution in [3.05, 3.63) is 118 Å². The normalized spacial score (nSPS) is 14.9. The van der Waals surface area contributed by atoms with Crippen LogP contribution in [-0.2, 0) is 9.53 Å². The van der Waals surface area contributed by atoms with Crippen LogP contribution in [-0.4, -0.2) is 30.4 Å². The van der Waals surface area contributed by atoms with Crippen molar-refractivity contribution in [2.24, 2.45) is 4.99 Å². The topological polar surface area (TPSA) is 79.1 Å². The third kappa shape index (κ3) is 6.02. The molecule has 0 fully saturated rings. The molecule has 10 heteroatoms. The molecule has 0 spiro atoms. The summed E-state index contributed by atoms with van der Waals surface area (Å²) in [6.07, 6.45) is 1.75. The van der Waals surface area contributed by atoms with Crippen LogP contribution in [0.15, 0.2) is 91.0 Å². The van der Waals surface area contributed by atoms with Crippen molar-refractivity contribution in [2.45, 2.75) is 32.9 Å². The molecule has 4 aromatic rings. The molecule has 0 amide bonds. The molecule has 3 aromatic carbocycles. The van der Waals surface area contributed by atoms with Gasteiger partial charge in [-0.25, -0.2) is 9.79 Å². The fourth-order valence-corrected chi connectivity index (χ4v) is 6.54. The number of carbonyl (C=O) groups is 1. The Morgan fingerprint density at radius 2 is 1.74 bits per heavy atom. The number of esters is 1. The first-order valence-corrected chi connectivity index (χ1v) is 15.7. The van der Waals surface area contributed by atoms with E-state index in [1.54, 1.807) is 30.7 Å². The molecule has 0 saturated heterocycles. The summed E-state index contributed by atoms with van der Waals surface area (Å²) in [7, 11) is 1.56. The number of aromatic nitrogens is 1. The molecular formula is C32H28Br2N2O5S. The summed E-state index contributed by atoms with van der Waals surface area (Å²) in [5.74, 6) is 0.621. The van der Waals surface area contributed by atoms with E-state index in [2.05, 4.69) is 31.9 Å². The molecule has 0 radical (unpaired) electrons. The number of nitrogens with zero attached hydrogens (tertiary/aromatic N) is 2. The summed E-state index contributed by atoms with van der Waals surface area (Å²) < 4.78 is 20.9. The van der Waals surface area contributed by atoms with Gasteiger partial charge in [-0.1, -0.05) is 73.5 Å². The molecule has 0 N–H and O–H groups in total. The molecule has 0 bridgehead atoms. The van der Waals surface area contributed by atoms with Crippen molar-refractivity contribution in [1.82, 2.24) is 4.57 Å². The van der Waals surface area contributed by atoms with Crippen LogP contribution in [0.1, 0.15) is 43.5 Å². The minimum Gasteiger partial charge on any atom is -0.496 e. The highest BCUT2D eigenvalue weighted by molar-refractivity contribution is 9.10. The zero-order valence-corrected chi connectivity index (χ0v) is 27.4. The number of fused-ring (bicyclic) bond motifs is 1. The Morgan fingerprint density at radius 3 is 2.40 bits per heavy atom. The van der Waals surface area contributed by atoms with Crippen molar-refractivity contribution in [3.8, 4) is 11.5 Å². The van der Waals surface area contributed by atoms with Crippen LogP contribution < -0.4 is 24.4 Å². The zero-order chi connectivity index (χ0) is 30.0. The number of benzene rings is 3. The predicted molar refractivity (Wildman–Crippen MR) is 172 cm³/mol. The van der Waals surface area contributed by atoms with E-state index >= 15 is 0 Å². The van der Waals surface area contributed by atoms with Crippen LogP contribution in [0.2, 0.25) is 0 Å². The molecule has 2 heterocycles. The molecule has 1 aliphatic heterocycles. The second-order valence-corrected chi connectivity index (χ2v) is 12.5. The first-order chi connectivity index (χ1) is 20.2. The van der Waals surface area contributed by atoms with Gasteiger partial charge in [0.05, 0.1) is 35.6 Å². The Bertz CT molecular complexity index is 1860. The molecule has 0 aliphatic carbocycles.